The second-order valence-electron chi connectivity index (χ2n) is 6.78. The highest BCUT2D eigenvalue weighted by Crippen LogP contribution is 2.21. The molecule has 0 unspecified atom stereocenters. The van der Waals surface area contributed by atoms with Crippen molar-refractivity contribution in [2.45, 2.75) is 6.54 Å². The molecule has 0 aliphatic rings. The van der Waals surface area contributed by atoms with Crippen LogP contribution in [0.1, 0.15) is 15.9 Å². The Morgan fingerprint density at radius 3 is 2.32 bits per heavy atom. The van der Waals surface area contributed by atoms with Crippen LogP contribution in [0.15, 0.2) is 89.5 Å². The van der Waals surface area contributed by atoms with Gasteiger partial charge in [0.1, 0.15) is 0 Å². The molecule has 2 N–H and O–H groups in total. The first kappa shape index (κ1) is 21.0. The number of anilines is 2. The molecule has 154 valence electrons. The van der Waals surface area contributed by atoms with Crippen LogP contribution in [0.5, 0.6) is 0 Å². The first-order valence-corrected chi connectivity index (χ1v) is 10.7. The van der Waals surface area contributed by atoms with Crippen molar-refractivity contribution in [3.8, 4) is 11.3 Å². The highest BCUT2D eigenvalue weighted by Gasteiger charge is 2.07. The Bertz CT molecular complexity index is 1180. The smallest absolute Gasteiger partial charge is 0.251 e. The van der Waals surface area contributed by atoms with E-state index in [0.717, 1.165) is 27.0 Å². The molecule has 0 saturated carbocycles. The van der Waals surface area contributed by atoms with Crippen LogP contribution in [0.2, 0.25) is 5.02 Å². The largest absolute Gasteiger partial charge is 0.348 e. The molecule has 1 amide bonds. The van der Waals surface area contributed by atoms with Crippen LogP contribution in [0.25, 0.3) is 11.3 Å². The summed E-state index contributed by atoms with van der Waals surface area (Å²) in [5.74, 6) is 0.343. The van der Waals surface area contributed by atoms with Crippen LogP contribution in [0, 0.1) is 0 Å². The number of halogens is 2. The third kappa shape index (κ3) is 5.69. The fourth-order valence-corrected chi connectivity index (χ4v) is 3.31. The van der Waals surface area contributed by atoms with Gasteiger partial charge in [0.15, 0.2) is 0 Å². The first-order chi connectivity index (χ1) is 15.1. The molecule has 31 heavy (non-hydrogen) atoms. The summed E-state index contributed by atoms with van der Waals surface area (Å²) in [5.41, 5.74) is 4.15. The van der Waals surface area contributed by atoms with Gasteiger partial charge in [-0.15, -0.1) is 0 Å². The monoisotopic (exact) mass is 492 g/mol. The number of hydrogen-bond donors (Lipinski definition) is 2. The Morgan fingerprint density at radius 2 is 1.61 bits per heavy atom. The van der Waals surface area contributed by atoms with Crippen LogP contribution in [0.3, 0.4) is 0 Å². The standard InChI is InChI=1S/C24H18BrClN4O/c25-19-7-1-16(2-8-19)15-28-23(31)18-5-11-21(12-6-18)29-24-27-14-13-22(30-24)17-3-9-20(26)10-4-17/h1-14H,15H2,(H,28,31)(H,27,29,30). The predicted molar refractivity (Wildman–Crippen MR) is 128 cm³/mol. The van der Waals surface area contributed by atoms with Gasteiger partial charge in [-0.25, -0.2) is 9.97 Å². The van der Waals surface area contributed by atoms with Crippen molar-refractivity contribution in [3.05, 3.63) is 106 Å². The SMILES string of the molecule is O=C(NCc1ccc(Br)cc1)c1ccc(Nc2nccc(-c3ccc(Cl)cc3)n2)cc1. The van der Waals surface area contributed by atoms with Crippen molar-refractivity contribution in [3.63, 3.8) is 0 Å². The van der Waals surface area contributed by atoms with E-state index >= 15 is 0 Å². The summed E-state index contributed by atoms with van der Waals surface area (Å²) < 4.78 is 1.01. The Labute approximate surface area is 193 Å². The minimum absolute atomic E-state index is 0.129. The van der Waals surface area contributed by atoms with Gasteiger partial charge in [0, 0.05) is 39.1 Å². The molecule has 7 heteroatoms. The molecule has 0 aliphatic heterocycles. The summed E-state index contributed by atoms with van der Waals surface area (Å²) in [4.78, 5) is 21.2. The highest BCUT2D eigenvalue weighted by molar-refractivity contribution is 9.10. The number of benzene rings is 3. The van der Waals surface area contributed by atoms with E-state index in [2.05, 4.69) is 36.5 Å². The molecule has 0 fully saturated rings. The van der Waals surface area contributed by atoms with Gasteiger partial charge >= 0.3 is 0 Å². The van der Waals surface area contributed by atoms with Crippen LogP contribution in [-0.4, -0.2) is 15.9 Å². The fourth-order valence-electron chi connectivity index (χ4n) is 2.92. The molecular formula is C24H18BrClN4O. The van der Waals surface area contributed by atoms with Gasteiger partial charge in [-0.1, -0.05) is 51.8 Å². The average Bonchev–Trinajstić information content (AvgIpc) is 2.80. The zero-order valence-electron chi connectivity index (χ0n) is 16.3. The van der Waals surface area contributed by atoms with Gasteiger partial charge in [-0.3, -0.25) is 4.79 Å². The summed E-state index contributed by atoms with van der Waals surface area (Å²) in [6.45, 7) is 0.470. The number of nitrogens with one attached hydrogen (secondary N) is 2. The number of aromatic nitrogens is 2. The van der Waals surface area contributed by atoms with Gasteiger partial charge in [0.2, 0.25) is 5.95 Å². The zero-order valence-corrected chi connectivity index (χ0v) is 18.7. The highest BCUT2D eigenvalue weighted by atomic mass is 79.9. The van der Waals surface area contributed by atoms with Crippen molar-refractivity contribution in [2.24, 2.45) is 0 Å². The lowest BCUT2D eigenvalue weighted by Crippen LogP contribution is -2.22. The number of carbonyl (C=O) groups is 1. The van der Waals surface area contributed by atoms with Crippen molar-refractivity contribution >= 4 is 45.1 Å². The summed E-state index contributed by atoms with van der Waals surface area (Å²) in [6, 6.07) is 24.3. The molecule has 1 aromatic heterocycles. The molecular weight excluding hydrogens is 476 g/mol. The summed E-state index contributed by atoms with van der Waals surface area (Å²) in [5, 5.41) is 6.77. The Kier molecular flexibility index (Phi) is 6.60. The number of amides is 1. The molecule has 5 nitrogen and oxygen atoms in total. The molecule has 3 aromatic carbocycles. The molecule has 0 spiro atoms. The third-order valence-corrected chi connectivity index (χ3v) is 5.35. The molecule has 4 aromatic rings. The number of carbonyl (C=O) groups excluding carboxylic acids is 1. The number of hydrogen-bond acceptors (Lipinski definition) is 4. The van der Waals surface area contributed by atoms with Gasteiger partial charge in [-0.2, -0.15) is 0 Å². The topological polar surface area (TPSA) is 66.9 Å². The Balaban J connectivity index is 1.39. The quantitative estimate of drug-likeness (QED) is 0.334. The molecule has 0 radical (unpaired) electrons. The normalized spacial score (nSPS) is 10.5. The lowest BCUT2D eigenvalue weighted by Gasteiger charge is -2.09. The van der Waals surface area contributed by atoms with Gasteiger partial charge in [-0.05, 0) is 60.2 Å². The van der Waals surface area contributed by atoms with E-state index < -0.39 is 0 Å². The second-order valence-corrected chi connectivity index (χ2v) is 8.14. The van der Waals surface area contributed by atoms with Crippen LogP contribution >= 0.6 is 27.5 Å². The average molecular weight is 494 g/mol. The molecule has 0 bridgehead atoms. The van der Waals surface area contributed by atoms with E-state index in [1.54, 1.807) is 18.3 Å². The summed E-state index contributed by atoms with van der Waals surface area (Å²) in [6.07, 6.45) is 1.70. The maximum atomic E-state index is 12.4. The van der Waals surface area contributed by atoms with Gasteiger partial charge in [0.25, 0.3) is 5.91 Å². The van der Waals surface area contributed by atoms with E-state index in [9.17, 15) is 4.79 Å². The summed E-state index contributed by atoms with van der Waals surface area (Å²) >= 11 is 9.36. The van der Waals surface area contributed by atoms with E-state index in [4.69, 9.17) is 11.6 Å². The van der Waals surface area contributed by atoms with Crippen molar-refractivity contribution in [2.75, 3.05) is 5.32 Å². The van der Waals surface area contributed by atoms with Gasteiger partial charge in [0.05, 0.1) is 5.69 Å². The Hall–Kier alpha value is -3.22. The van der Waals surface area contributed by atoms with Gasteiger partial charge < -0.3 is 10.6 Å². The lowest BCUT2D eigenvalue weighted by atomic mass is 10.1. The van der Waals surface area contributed by atoms with Crippen molar-refractivity contribution < 1.29 is 4.79 Å². The molecule has 0 aliphatic carbocycles. The molecule has 4 rings (SSSR count). The molecule has 0 saturated heterocycles. The van der Waals surface area contributed by atoms with E-state index in [1.807, 2.05) is 66.7 Å². The first-order valence-electron chi connectivity index (χ1n) is 9.55. The Morgan fingerprint density at radius 1 is 0.903 bits per heavy atom. The number of rotatable bonds is 6. The van der Waals surface area contributed by atoms with Crippen molar-refractivity contribution in [1.29, 1.82) is 0 Å². The third-order valence-electron chi connectivity index (χ3n) is 4.57. The fraction of sp³-hybridized carbons (Fsp3) is 0.0417. The summed E-state index contributed by atoms with van der Waals surface area (Å²) in [7, 11) is 0. The van der Waals surface area contributed by atoms with E-state index in [-0.39, 0.29) is 5.91 Å². The van der Waals surface area contributed by atoms with Crippen LogP contribution in [-0.2, 0) is 6.54 Å². The van der Waals surface area contributed by atoms with E-state index in [0.29, 0.717) is 23.1 Å². The molecule has 1 heterocycles. The number of nitrogens with zero attached hydrogens (tertiary/aromatic N) is 2. The zero-order chi connectivity index (χ0) is 21.6. The maximum absolute atomic E-state index is 12.4. The van der Waals surface area contributed by atoms with Crippen LogP contribution < -0.4 is 10.6 Å². The van der Waals surface area contributed by atoms with Crippen molar-refractivity contribution in [1.82, 2.24) is 15.3 Å². The predicted octanol–water partition coefficient (Wildman–Crippen LogP) is 6.23. The molecule has 0 atom stereocenters. The second kappa shape index (κ2) is 9.73. The lowest BCUT2D eigenvalue weighted by molar-refractivity contribution is 0.0951. The van der Waals surface area contributed by atoms with Crippen LogP contribution in [0.4, 0.5) is 11.6 Å². The minimum atomic E-state index is -0.129. The minimum Gasteiger partial charge on any atom is -0.348 e. The maximum Gasteiger partial charge on any atom is 0.251 e. The van der Waals surface area contributed by atoms with E-state index in [1.165, 1.54) is 0 Å².